The van der Waals surface area contributed by atoms with Crippen molar-refractivity contribution >= 4 is 0 Å². The van der Waals surface area contributed by atoms with Crippen molar-refractivity contribution < 1.29 is 4.42 Å². The summed E-state index contributed by atoms with van der Waals surface area (Å²) in [4.78, 5) is 2.57. The Kier molecular flexibility index (Phi) is 4.17. The summed E-state index contributed by atoms with van der Waals surface area (Å²) in [6.07, 6.45) is 7.90. The molecule has 0 bridgehead atoms. The van der Waals surface area contributed by atoms with Crippen molar-refractivity contribution in [3.8, 4) is 0 Å². The zero-order valence-corrected chi connectivity index (χ0v) is 13.9. The van der Waals surface area contributed by atoms with Crippen molar-refractivity contribution in [2.45, 2.75) is 58.0 Å². The zero-order chi connectivity index (χ0) is 15.6. The monoisotopic (exact) mass is 311 g/mol. The molecule has 0 saturated heterocycles. The molecule has 1 aliphatic heterocycles. The molecular formula is C19H25N3O. The van der Waals surface area contributed by atoms with Crippen molar-refractivity contribution in [3.63, 3.8) is 0 Å². The van der Waals surface area contributed by atoms with E-state index in [0.717, 1.165) is 31.3 Å². The SMILES string of the molecule is Cc1nnc([C@H]2Cc3ccccc3CN2CC2CCCCC2)o1. The number of aromatic nitrogens is 2. The van der Waals surface area contributed by atoms with E-state index in [9.17, 15) is 0 Å². The van der Waals surface area contributed by atoms with Crippen LogP contribution in [-0.2, 0) is 13.0 Å². The maximum absolute atomic E-state index is 5.79. The van der Waals surface area contributed by atoms with Crippen molar-refractivity contribution in [1.29, 1.82) is 0 Å². The molecule has 2 heterocycles. The summed E-state index contributed by atoms with van der Waals surface area (Å²) in [6, 6.07) is 9.01. The molecule has 1 atom stereocenters. The van der Waals surface area contributed by atoms with E-state index < -0.39 is 0 Å². The second-order valence-electron chi connectivity index (χ2n) is 7.08. The number of rotatable bonds is 3. The normalized spacial score (nSPS) is 22.9. The van der Waals surface area contributed by atoms with Crippen molar-refractivity contribution in [3.05, 3.63) is 47.2 Å². The average Bonchev–Trinajstić information content (AvgIpc) is 3.01. The van der Waals surface area contributed by atoms with Gasteiger partial charge in [0, 0.05) is 20.0 Å². The Hall–Kier alpha value is -1.68. The van der Waals surface area contributed by atoms with E-state index in [0.29, 0.717) is 5.89 Å². The molecule has 4 heteroatoms. The number of hydrogen-bond donors (Lipinski definition) is 0. The van der Waals surface area contributed by atoms with Gasteiger partial charge in [-0.1, -0.05) is 43.5 Å². The number of nitrogens with zero attached hydrogens (tertiary/aromatic N) is 3. The van der Waals surface area contributed by atoms with Gasteiger partial charge in [-0.15, -0.1) is 10.2 Å². The summed E-state index contributed by atoms with van der Waals surface area (Å²) < 4.78 is 5.79. The summed E-state index contributed by atoms with van der Waals surface area (Å²) >= 11 is 0. The predicted molar refractivity (Wildman–Crippen MR) is 88.9 cm³/mol. The minimum Gasteiger partial charge on any atom is -0.424 e. The van der Waals surface area contributed by atoms with E-state index in [2.05, 4.69) is 39.4 Å². The highest BCUT2D eigenvalue weighted by Gasteiger charge is 2.32. The van der Waals surface area contributed by atoms with Gasteiger partial charge in [0.15, 0.2) is 0 Å². The Labute approximate surface area is 137 Å². The smallest absolute Gasteiger partial charge is 0.233 e. The lowest BCUT2D eigenvalue weighted by molar-refractivity contribution is 0.110. The number of benzene rings is 1. The fourth-order valence-corrected chi connectivity index (χ4v) is 4.16. The van der Waals surface area contributed by atoms with Crippen LogP contribution in [0, 0.1) is 12.8 Å². The highest BCUT2D eigenvalue weighted by molar-refractivity contribution is 5.30. The maximum atomic E-state index is 5.79. The molecule has 2 aromatic rings. The Balaban J connectivity index is 1.60. The molecule has 0 unspecified atom stereocenters. The molecule has 1 aliphatic carbocycles. The second kappa shape index (κ2) is 6.44. The van der Waals surface area contributed by atoms with Gasteiger partial charge in [0.1, 0.15) is 0 Å². The summed E-state index contributed by atoms with van der Waals surface area (Å²) in [5.74, 6) is 2.27. The van der Waals surface area contributed by atoms with Crippen LogP contribution < -0.4 is 0 Å². The first kappa shape index (κ1) is 14.9. The maximum Gasteiger partial charge on any atom is 0.233 e. The minimum atomic E-state index is 0.230. The van der Waals surface area contributed by atoms with Crippen LogP contribution in [0.15, 0.2) is 28.7 Å². The van der Waals surface area contributed by atoms with E-state index in [-0.39, 0.29) is 6.04 Å². The predicted octanol–water partition coefficient (Wildman–Crippen LogP) is 4.06. The highest BCUT2D eigenvalue weighted by Crippen LogP contribution is 2.35. The molecule has 122 valence electrons. The first-order valence-corrected chi connectivity index (χ1v) is 8.90. The molecule has 4 nitrogen and oxygen atoms in total. The van der Waals surface area contributed by atoms with Gasteiger partial charge in [0.05, 0.1) is 6.04 Å². The van der Waals surface area contributed by atoms with Gasteiger partial charge in [-0.3, -0.25) is 4.90 Å². The Morgan fingerprint density at radius 3 is 2.61 bits per heavy atom. The van der Waals surface area contributed by atoms with E-state index in [4.69, 9.17) is 4.42 Å². The standard InChI is InChI=1S/C19H25N3O/c1-14-20-21-19(23-14)18-11-16-9-5-6-10-17(16)13-22(18)12-15-7-3-2-4-8-15/h5-6,9-10,15,18H,2-4,7-8,11-13H2,1H3/t18-/m1/s1. The average molecular weight is 311 g/mol. The minimum absolute atomic E-state index is 0.230. The van der Waals surface area contributed by atoms with Gasteiger partial charge in [0.25, 0.3) is 0 Å². The largest absolute Gasteiger partial charge is 0.424 e. The fourth-order valence-electron chi connectivity index (χ4n) is 4.16. The molecule has 0 spiro atoms. The van der Waals surface area contributed by atoms with Crippen LogP contribution >= 0.6 is 0 Å². The quantitative estimate of drug-likeness (QED) is 0.857. The summed E-state index contributed by atoms with van der Waals surface area (Å²) in [5, 5.41) is 8.38. The molecule has 1 aromatic carbocycles. The van der Waals surface area contributed by atoms with Gasteiger partial charge in [-0.25, -0.2) is 0 Å². The van der Waals surface area contributed by atoms with Gasteiger partial charge >= 0.3 is 0 Å². The summed E-state index contributed by atoms with van der Waals surface area (Å²) in [7, 11) is 0. The third-order valence-electron chi connectivity index (χ3n) is 5.39. The van der Waals surface area contributed by atoms with Gasteiger partial charge in [-0.2, -0.15) is 0 Å². The molecule has 2 aliphatic rings. The lowest BCUT2D eigenvalue weighted by Gasteiger charge is -2.38. The summed E-state index contributed by atoms with van der Waals surface area (Å²) in [5.41, 5.74) is 2.88. The molecule has 23 heavy (non-hydrogen) atoms. The molecule has 1 saturated carbocycles. The third-order valence-corrected chi connectivity index (χ3v) is 5.39. The van der Waals surface area contributed by atoms with Gasteiger partial charge in [-0.05, 0) is 36.3 Å². The first-order valence-electron chi connectivity index (χ1n) is 8.90. The molecule has 0 N–H and O–H groups in total. The van der Waals surface area contributed by atoms with E-state index >= 15 is 0 Å². The topological polar surface area (TPSA) is 42.2 Å². The molecular weight excluding hydrogens is 286 g/mol. The zero-order valence-electron chi connectivity index (χ0n) is 13.9. The van der Waals surface area contributed by atoms with E-state index in [1.807, 2.05) is 6.92 Å². The van der Waals surface area contributed by atoms with Crippen molar-refractivity contribution in [2.24, 2.45) is 5.92 Å². The van der Waals surface area contributed by atoms with Crippen LogP contribution in [0.3, 0.4) is 0 Å². The van der Waals surface area contributed by atoms with Crippen LogP contribution in [0.1, 0.15) is 61.1 Å². The molecule has 0 amide bonds. The Bertz CT molecular complexity index is 660. The molecule has 4 rings (SSSR count). The Morgan fingerprint density at radius 2 is 1.87 bits per heavy atom. The van der Waals surface area contributed by atoms with Crippen LogP contribution in [0.4, 0.5) is 0 Å². The fraction of sp³-hybridized carbons (Fsp3) is 0.579. The number of aryl methyl sites for hydroxylation is 1. The highest BCUT2D eigenvalue weighted by atomic mass is 16.4. The Morgan fingerprint density at radius 1 is 1.09 bits per heavy atom. The van der Waals surface area contributed by atoms with Crippen LogP contribution in [0.25, 0.3) is 0 Å². The van der Waals surface area contributed by atoms with Crippen molar-refractivity contribution in [2.75, 3.05) is 6.54 Å². The van der Waals surface area contributed by atoms with E-state index in [1.54, 1.807) is 0 Å². The van der Waals surface area contributed by atoms with Gasteiger partial charge in [0.2, 0.25) is 11.8 Å². The summed E-state index contributed by atoms with van der Waals surface area (Å²) in [6.45, 7) is 4.03. The van der Waals surface area contributed by atoms with Crippen LogP contribution in [-0.4, -0.2) is 21.6 Å². The van der Waals surface area contributed by atoms with Gasteiger partial charge < -0.3 is 4.42 Å². The molecule has 1 fully saturated rings. The number of hydrogen-bond acceptors (Lipinski definition) is 4. The molecule has 1 aromatic heterocycles. The van der Waals surface area contributed by atoms with E-state index in [1.165, 1.54) is 43.2 Å². The lowest BCUT2D eigenvalue weighted by atomic mass is 9.87. The van der Waals surface area contributed by atoms with Crippen LogP contribution in [0.5, 0.6) is 0 Å². The first-order chi connectivity index (χ1) is 11.3. The second-order valence-corrected chi connectivity index (χ2v) is 7.08. The molecule has 0 radical (unpaired) electrons. The van der Waals surface area contributed by atoms with Crippen LogP contribution in [0.2, 0.25) is 0 Å². The lowest BCUT2D eigenvalue weighted by Crippen LogP contribution is -2.38. The van der Waals surface area contributed by atoms with Crippen molar-refractivity contribution in [1.82, 2.24) is 15.1 Å². The number of fused-ring (bicyclic) bond motifs is 1. The third kappa shape index (κ3) is 3.18.